The first-order valence-electron chi connectivity index (χ1n) is 6.84. The van der Waals surface area contributed by atoms with Crippen molar-refractivity contribution in [1.29, 1.82) is 0 Å². The van der Waals surface area contributed by atoms with Crippen molar-refractivity contribution >= 4 is 11.8 Å². The molecule has 1 saturated carbocycles. The maximum atomic E-state index is 11.4. The number of rotatable bonds is 4. The largest absolute Gasteiger partial charge is 0.367 e. The molecule has 1 heterocycles. The Hall–Kier alpha value is -0.940. The van der Waals surface area contributed by atoms with Crippen molar-refractivity contribution in [2.75, 3.05) is 26.2 Å². The molecule has 18 heavy (non-hydrogen) atoms. The van der Waals surface area contributed by atoms with E-state index >= 15 is 0 Å². The highest BCUT2D eigenvalue weighted by molar-refractivity contribution is 5.93. The molecule has 0 aromatic carbocycles. The molecule has 2 aliphatic rings. The van der Waals surface area contributed by atoms with Gasteiger partial charge in [0, 0.05) is 32.2 Å². The molecule has 0 atom stereocenters. The van der Waals surface area contributed by atoms with Gasteiger partial charge in [-0.25, -0.2) is 4.79 Å². The molecule has 0 aromatic rings. The standard InChI is InChI=1S/C13H22N2O3/c1-11(16)10-13(17)18-15-8-6-14(7-9-15)12-4-2-3-5-12/h12H,2-10H2,1H3. The van der Waals surface area contributed by atoms with Crippen LogP contribution in [0.15, 0.2) is 0 Å². The lowest BCUT2D eigenvalue weighted by atomic mass is 10.2. The van der Waals surface area contributed by atoms with Crippen molar-refractivity contribution in [3.63, 3.8) is 0 Å². The Balaban J connectivity index is 1.69. The van der Waals surface area contributed by atoms with Crippen LogP contribution in [0.4, 0.5) is 0 Å². The predicted molar refractivity (Wildman–Crippen MR) is 66.8 cm³/mol. The Morgan fingerprint density at radius 1 is 1.11 bits per heavy atom. The van der Waals surface area contributed by atoms with E-state index in [9.17, 15) is 9.59 Å². The highest BCUT2D eigenvalue weighted by Crippen LogP contribution is 2.24. The van der Waals surface area contributed by atoms with Crippen LogP contribution >= 0.6 is 0 Å². The molecule has 102 valence electrons. The van der Waals surface area contributed by atoms with E-state index in [-0.39, 0.29) is 12.2 Å². The van der Waals surface area contributed by atoms with Crippen molar-refractivity contribution in [1.82, 2.24) is 9.96 Å². The number of hydroxylamine groups is 2. The predicted octanol–water partition coefficient (Wildman–Crippen LogP) is 0.984. The SMILES string of the molecule is CC(=O)CC(=O)ON1CCN(C2CCCC2)CC1. The second-order valence-electron chi connectivity index (χ2n) is 5.25. The van der Waals surface area contributed by atoms with Gasteiger partial charge in [0.05, 0.1) is 0 Å². The molecule has 0 aromatic heterocycles. The topological polar surface area (TPSA) is 49.9 Å². The van der Waals surface area contributed by atoms with Gasteiger partial charge in [0.25, 0.3) is 0 Å². The van der Waals surface area contributed by atoms with Crippen molar-refractivity contribution in [2.45, 2.75) is 45.1 Å². The zero-order valence-electron chi connectivity index (χ0n) is 11.1. The number of ketones is 1. The number of hydrogen-bond donors (Lipinski definition) is 0. The van der Waals surface area contributed by atoms with Gasteiger partial charge in [-0.15, -0.1) is 5.06 Å². The molecule has 1 aliphatic heterocycles. The van der Waals surface area contributed by atoms with E-state index in [4.69, 9.17) is 4.84 Å². The Labute approximate surface area is 108 Å². The summed E-state index contributed by atoms with van der Waals surface area (Å²) in [5, 5.41) is 1.69. The minimum Gasteiger partial charge on any atom is -0.367 e. The summed E-state index contributed by atoms with van der Waals surface area (Å²) in [6.45, 7) is 4.82. The van der Waals surface area contributed by atoms with E-state index in [2.05, 4.69) is 4.90 Å². The fourth-order valence-electron chi connectivity index (χ4n) is 2.81. The third-order valence-electron chi connectivity index (χ3n) is 3.74. The van der Waals surface area contributed by atoms with Crippen molar-refractivity contribution in [2.24, 2.45) is 0 Å². The Kier molecular flexibility index (Phi) is 4.72. The van der Waals surface area contributed by atoms with Gasteiger partial charge in [0.1, 0.15) is 12.2 Å². The van der Waals surface area contributed by atoms with E-state index in [0.717, 1.165) is 32.2 Å². The van der Waals surface area contributed by atoms with Crippen LogP contribution < -0.4 is 0 Å². The molecule has 0 N–H and O–H groups in total. The first-order valence-corrected chi connectivity index (χ1v) is 6.84. The molecule has 0 unspecified atom stereocenters. The number of hydrogen-bond acceptors (Lipinski definition) is 5. The normalized spacial score (nSPS) is 23.2. The summed E-state index contributed by atoms with van der Waals surface area (Å²) >= 11 is 0. The van der Waals surface area contributed by atoms with Crippen molar-refractivity contribution in [3.05, 3.63) is 0 Å². The van der Waals surface area contributed by atoms with Crippen molar-refractivity contribution in [3.8, 4) is 0 Å². The summed E-state index contributed by atoms with van der Waals surface area (Å²) in [5.74, 6) is -0.582. The van der Waals surface area contributed by atoms with E-state index in [1.165, 1.54) is 32.6 Å². The lowest BCUT2D eigenvalue weighted by Crippen LogP contribution is -2.50. The molecule has 0 amide bonds. The summed E-state index contributed by atoms with van der Waals surface area (Å²) in [6.07, 6.45) is 5.19. The van der Waals surface area contributed by atoms with Gasteiger partial charge in [-0.1, -0.05) is 12.8 Å². The minimum atomic E-state index is -0.434. The molecule has 0 bridgehead atoms. The quantitative estimate of drug-likeness (QED) is 0.700. The van der Waals surface area contributed by atoms with E-state index < -0.39 is 5.97 Å². The van der Waals surface area contributed by atoms with Crippen molar-refractivity contribution < 1.29 is 14.4 Å². The van der Waals surface area contributed by atoms with E-state index in [1.54, 1.807) is 5.06 Å². The van der Waals surface area contributed by atoms with Crippen LogP contribution in [-0.4, -0.2) is 53.9 Å². The van der Waals surface area contributed by atoms with Gasteiger partial charge < -0.3 is 4.84 Å². The lowest BCUT2D eigenvalue weighted by Gasteiger charge is -2.36. The molecule has 5 heteroatoms. The average Bonchev–Trinajstić information content (AvgIpc) is 2.82. The van der Waals surface area contributed by atoms with Gasteiger partial charge in [-0.05, 0) is 19.8 Å². The fraction of sp³-hybridized carbons (Fsp3) is 0.846. The van der Waals surface area contributed by atoms with Gasteiger partial charge in [-0.3, -0.25) is 9.69 Å². The number of piperazine rings is 1. The van der Waals surface area contributed by atoms with Gasteiger partial charge in [-0.2, -0.15) is 0 Å². The number of Topliss-reactive ketones (excluding diaryl/α,β-unsaturated/α-hetero) is 1. The zero-order chi connectivity index (χ0) is 13.0. The van der Waals surface area contributed by atoms with Gasteiger partial charge in [0.15, 0.2) is 0 Å². The maximum Gasteiger partial charge on any atom is 0.332 e. The molecule has 2 rings (SSSR count). The third-order valence-corrected chi connectivity index (χ3v) is 3.74. The minimum absolute atomic E-state index is 0.122. The lowest BCUT2D eigenvalue weighted by molar-refractivity contribution is -0.198. The number of carbonyl (C=O) groups excluding carboxylic acids is 2. The zero-order valence-corrected chi connectivity index (χ0v) is 11.1. The molecule has 0 radical (unpaired) electrons. The summed E-state index contributed by atoms with van der Waals surface area (Å²) < 4.78 is 0. The molecular weight excluding hydrogens is 232 g/mol. The molecule has 5 nitrogen and oxygen atoms in total. The summed E-state index contributed by atoms with van der Waals surface area (Å²) in [4.78, 5) is 29.8. The molecule has 1 saturated heterocycles. The highest BCUT2D eigenvalue weighted by Gasteiger charge is 2.27. The smallest absolute Gasteiger partial charge is 0.332 e. The van der Waals surface area contributed by atoms with Crippen LogP contribution in [0, 0.1) is 0 Å². The number of nitrogens with zero attached hydrogens (tertiary/aromatic N) is 2. The third kappa shape index (κ3) is 3.78. The van der Waals surface area contributed by atoms with E-state index in [1.807, 2.05) is 0 Å². The molecule has 2 fully saturated rings. The molecule has 1 aliphatic carbocycles. The maximum absolute atomic E-state index is 11.4. The van der Waals surface area contributed by atoms with Crippen LogP contribution in [0.3, 0.4) is 0 Å². The highest BCUT2D eigenvalue weighted by atomic mass is 16.7. The first kappa shape index (κ1) is 13.5. The summed E-state index contributed by atoms with van der Waals surface area (Å²) in [5.41, 5.74) is 0. The second-order valence-corrected chi connectivity index (χ2v) is 5.25. The first-order chi connectivity index (χ1) is 8.65. The Morgan fingerprint density at radius 2 is 1.72 bits per heavy atom. The summed E-state index contributed by atoms with van der Waals surface area (Å²) in [6, 6.07) is 0.736. The fourth-order valence-corrected chi connectivity index (χ4v) is 2.81. The second kappa shape index (κ2) is 6.29. The molecule has 0 spiro atoms. The Bertz CT molecular complexity index is 305. The van der Waals surface area contributed by atoms with Gasteiger partial charge >= 0.3 is 5.97 Å². The summed E-state index contributed by atoms with van der Waals surface area (Å²) in [7, 11) is 0. The molecular formula is C13H22N2O3. The van der Waals surface area contributed by atoms with Gasteiger partial charge in [0.2, 0.25) is 0 Å². The monoisotopic (exact) mass is 254 g/mol. The average molecular weight is 254 g/mol. The van der Waals surface area contributed by atoms with E-state index in [0.29, 0.717) is 0 Å². The van der Waals surface area contributed by atoms with Crippen LogP contribution in [-0.2, 0) is 14.4 Å². The number of carbonyl (C=O) groups is 2. The van der Waals surface area contributed by atoms with Crippen LogP contribution in [0.5, 0.6) is 0 Å². The Morgan fingerprint density at radius 3 is 2.28 bits per heavy atom. The van der Waals surface area contributed by atoms with Crippen LogP contribution in [0.1, 0.15) is 39.0 Å². The van der Waals surface area contributed by atoms with Crippen LogP contribution in [0.25, 0.3) is 0 Å². The van der Waals surface area contributed by atoms with Crippen LogP contribution in [0.2, 0.25) is 0 Å².